The van der Waals surface area contributed by atoms with Gasteiger partial charge in [0.15, 0.2) is 12.4 Å². The third-order valence-corrected chi connectivity index (χ3v) is 5.34. The zero-order valence-corrected chi connectivity index (χ0v) is 16.4. The van der Waals surface area contributed by atoms with E-state index in [4.69, 9.17) is 9.47 Å². The second-order valence-corrected chi connectivity index (χ2v) is 7.29. The number of carbonyl (C=O) groups is 3. The normalized spacial score (nSPS) is 13.5. The quantitative estimate of drug-likeness (QED) is 0.385. The number of hydrogen-bond donors (Lipinski definition) is 0. The first kappa shape index (κ1) is 19.9. The van der Waals surface area contributed by atoms with Gasteiger partial charge in [-0.2, -0.15) is 0 Å². The Morgan fingerprint density at radius 3 is 2.39 bits per heavy atom. The minimum Gasteiger partial charge on any atom is -0.497 e. The monoisotopic (exact) mass is 399 g/mol. The van der Waals surface area contributed by atoms with Crippen LogP contribution in [0.4, 0.5) is 5.69 Å². The molecule has 1 aliphatic rings. The van der Waals surface area contributed by atoms with Crippen molar-refractivity contribution in [3.63, 3.8) is 0 Å². The van der Waals surface area contributed by atoms with Gasteiger partial charge in [0, 0.05) is 29.1 Å². The van der Waals surface area contributed by atoms with E-state index in [1.54, 1.807) is 36.3 Å². The molecule has 6 nitrogen and oxygen atoms in total. The third-order valence-electron chi connectivity index (χ3n) is 4.35. The van der Waals surface area contributed by atoms with Crippen LogP contribution in [0.1, 0.15) is 23.2 Å². The summed E-state index contributed by atoms with van der Waals surface area (Å²) in [4.78, 5) is 38.5. The Morgan fingerprint density at radius 2 is 1.79 bits per heavy atom. The van der Waals surface area contributed by atoms with Crippen molar-refractivity contribution in [2.45, 2.75) is 17.7 Å². The van der Waals surface area contributed by atoms with Crippen LogP contribution in [0.3, 0.4) is 0 Å². The molecule has 0 radical (unpaired) electrons. The van der Waals surface area contributed by atoms with E-state index in [1.807, 2.05) is 24.3 Å². The minimum atomic E-state index is -0.451. The summed E-state index contributed by atoms with van der Waals surface area (Å²) < 4.78 is 10.2. The molecule has 1 aliphatic heterocycles. The van der Waals surface area contributed by atoms with Gasteiger partial charge in [0.25, 0.3) is 0 Å². The maximum atomic E-state index is 12.2. The molecule has 0 aliphatic carbocycles. The third kappa shape index (κ3) is 5.13. The Morgan fingerprint density at radius 1 is 1.07 bits per heavy atom. The van der Waals surface area contributed by atoms with Gasteiger partial charge in [0.1, 0.15) is 5.75 Å². The topological polar surface area (TPSA) is 72.9 Å². The van der Waals surface area contributed by atoms with Crippen molar-refractivity contribution in [1.82, 2.24) is 0 Å². The highest BCUT2D eigenvalue weighted by Gasteiger charge is 2.21. The van der Waals surface area contributed by atoms with E-state index in [2.05, 4.69) is 0 Å². The van der Waals surface area contributed by atoms with E-state index in [1.165, 1.54) is 11.8 Å². The van der Waals surface area contributed by atoms with Gasteiger partial charge in [0.05, 0.1) is 12.9 Å². The molecule has 3 rings (SSSR count). The van der Waals surface area contributed by atoms with E-state index in [-0.39, 0.29) is 24.1 Å². The second-order valence-electron chi connectivity index (χ2n) is 6.24. The molecule has 1 amide bonds. The van der Waals surface area contributed by atoms with Crippen molar-refractivity contribution >= 4 is 35.1 Å². The first-order chi connectivity index (χ1) is 13.6. The van der Waals surface area contributed by atoms with Gasteiger partial charge in [0.2, 0.25) is 5.91 Å². The Labute approximate surface area is 167 Å². The molecule has 7 heteroatoms. The predicted octanol–water partition coefficient (Wildman–Crippen LogP) is 3.34. The fraction of sp³-hybridized carbons (Fsp3) is 0.286. The van der Waals surface area contributed by atoms with Crippen molar-refractivity contribution in [2.24, 2.45) is 0 Å². The number of benzene rings is 2. The lowest BCUT2D eigenvalue weighted by Gasteiger charge is -2.15. The van der Waals surface area contributed by atoms with E-state index < -0.39 is 5.97 Å². The number of nitrogens with zero attached hydrogens (tertiary/aromatic N) is 1. The number of ketones is 1. The number of esters is 1. The Kier molecular flexibility index (Phi) is 6.71. The number of anilines is 1. The zero-order chi connectivity index (χ0) is 19.9. The molecule has 0 spiro atoms. The molecule has 1 heterocycles. The minimum absolute atomic E-state index is 0.0994. The Bertz CT molecular complexity index is 848. The van der Waals surface area contributed by atoms with Crippen LogP contribution in [0.25, 0.3) is 0 Å². The summed E-state index contributed by atoms with van der Waals surface area (Å²) >= 11 is 1.33. The largest absolute Gasteiger partial charge is 0.497 e. The van der Waals surface area contributed by atoms with Crippen LogP contribution >= 0.6 is 11.8 Å². The number of amides is 1. The number of rotatable bonds is 8. The molecule has 0 aromatic heterocycles. The highest BCUT2D eigenvalue weighted by atomic mass is 32.2. The number of thioether (sulfide) groups is 1. The summed E-state index contributed by atoms with van der Waals surface area (Å²) in [6.07, 6.45) is 1.41. The van der Waals surface area contributed by atoms with E-state index in [0.717, 1.165) is 22.8 Å². The van der Waals surface area contributed by atoms with Crippen molar-refractivity contribution in [3.8, 4) is 5.75 Å². The summed E-state index contributed by atoms with van der Waals surface area (Å²) in [5.41, 5.74) is 1.23. The molecule has 0 N–H and O–H groups in total. The average Bonchev–Trinajstić information content (AvgIpc) is 3.16. The van der Waals surface area contributed by atoms with Gasteiger partial charge in [-0.15, -0.1) is 11.8 Å². The molecular weight excluding hydrogens is 378 g/mol. The van der Waals surface area contributed by atoms with Gasteiger partial charge in [-0.25, -0.2) is 0 Å². The van der Waals surface area contributed by atoms with Crippen LogP contribution < -0.4 is 9.64 Å². The molecule has 2 aromatic rings. The van der Waals surface area contributed by atoms with Gasteiger partial charge >= 0.3 is 5.97 Å². The van der Waals surface area contributed by atoms with Crippen LogP contribution in [0.2, 0.25) is 0 Å². The summed E-state index contributed by atoms with van der Waals surface area (Å²) in [6, 6.07) is 14.2. The second kappa shape index (κ2) is 9.41. The van der Waals surface area contributed by atoms with Crippen LogP contribution in [-0.2, 0) is 14.3 Å². The Balaban J connectivity index is 1.45. The summed E-state index contributed by atoms with van der Waals surface area (Å²) in [7, 11) is 1.59. The highest BCUT2D eigenvalue weighted by molar-refractivity contribution is 8.00. The van der Waals surface area contributed by atoms with Crippen molar-refractivity contribution < 1.29 is 23.9 Å². The maximum Gasteiger partial charge on any atom is 0.316 e. The molecule has 28 heavy (non-hydrogen) atoms. The summed E-state index contributed by atoms with van der Waals surface area (Å²) in [6.45, 7) is 0.402. The van der Waals surface area contributed by atoms with Crippen LogP contribution in [0.5, 0.6) is 5.75 Å². The SMILES string of the molecule is COc1ccc(SCC(=O)OCC(=O)c2ccc(N3CCCC3=O)cc2)cc1. The van der Waals surface area contributed by atoms with E-state index in [9.17, 15) is 14.4 Å². The summed E-state index contributed by atoms with van der Waals surface area (Å²) in [5.74, 6) is 0.242. The van der Waals surface area contributed by atoms with Crippen molar-refractivity contribution in [2.75, 3.05) is 30.9 Å². The predicted molar refractivity (Wildman–Crippen MR) is 107 cm³/mol. The molecule has 0 saturated carbocycles. The van der Waals surface area contributed by atoms with Crippen LogP contribution in [-0.4, -0.2) is 43.7 Å². The van der Waals surface area contributed by atoms with Gasteiger partial charge in [-0.3, -0.25) is 14.4 Å². The van der Waals surface area contributed by atoms with Crippen LogP contribution in [0.15, 0.2) is 53.4 Å². The number of hydrogen-bond acceptors (Lipinski definition) is 6. The first-order valence-electron chi connectivity index (χ1n) is 8.93. The van der Waals surface area contributed by atoms with Gasteiger partial charge in [-0.05, 0) is 55.0 Å². The van der Waals surface area contributed by atoms with Crippen LogP contribution in [0, 0.1) is 0 Å². The number of Topliss-reactive ketones (excluding diaryl/α,β-unsaturated/α-hetero) is 1. The van der Waals surface area contributed by atoms with E-state index >= 15 is 0 Å². The molecular formula is C21H21NO5S. The standard InChI is InChI=1S/C21H21NO5S/c1-26-17-8-10-18(11-9-17)28-14-21(25)27-13-19(23)15-4-6-16(7-5-15)22-12-2-3-20(22)24/h4-11H,2-3,12-14H2,1H3. The van der Waals surface area contributed by atoms with Gasteiger partial charge < -0.3 is 14.4 Å². The lowest BCUT2D eigenvalue weighted by atomic mass is 10.1. The lowest BCUT2D eigenvalue weighted by molar-refractivity contribution is -0.139. The zero-order valence-electron chi connectivity index (χ0n) is 15.6. The molecule has 0 unspecified atom stereocenters. The average molecular weight is 399 g/mol. The first-order valence-corrected chi connectivity index (χ1v) is 9.91. The van der Waals surface area contributed by atoms with Crippen molar-refractivity contribution in [3.05, 3.63) is 54.1 Å². The van der Waals surface area contributed by atoms with Gasteiger partial charge in [-0.1, -0.05) is 0 Å². The molecule has 146 valence electrons. The summed E-state index contributed by atoms with van der Waals surface area (Å²) in [5, 5.41) is 0. The molecule has 2 aromatic carbocycles. The molecule has 0 bridgehead atoms. The Hall–Kier alpha value is -2.80. The highest BCUT2D eigenvalue weighted by Crippen LogP contribution is 2.22. The number of ether oxygens (including phenoxy) is 2. The molecule has 1 saturated heterocycles. The molecule has 0 atom stereocenters. The lowest BCUT2D eigenvalue weighted by Crippen LogP contribution is -2.23. The number of carbonyl (C=O) groups excluding carboxylic acids is 3. The smallest absolute Gasteiger partial charge is 0.316 e. The van der Waals surface area contributed by atoms with E-state index in [0.29, 0.717) is 18.5 Å². The molecule has 1 fully saturated rings. The fourth-order valence-corrected chi connectivity index (χ4v) is 3.53. The maximum absolute atomic E-state index is 12.2. The van der Waals surface area contributed by atoms with Crippen molar-refractivity contribution in [1.29, 1.82) is 0 Å². The fourth-order valence-electron chi connectivity index (χ4n) is 2.83. The number of methoxy groups -OCH3 is 1.